The van der Waals surface area contributed by atoms with Gasteiger partial charge in [0.25, 0.3) is 5.56 Å². The Labute approximate surface area is 202 Å². The van der Waals surface area contributed by atoms with E-state index >= 15 is 0 Å². The molecule has 0 radical (unpaired) electrons. The van der Waals surface area contributed by atoms with Crippen molar-refractivity contribution in [1.29, 1.82) is 0 Å². The van der Waals surface area contributed by atoms with Gasteiger partial charge < -0.3 is 14.1 Å². The number of hydrogen-bond donors (Lipinski definition) is 1. The Morgan fingerprint density at radius 2 is 2.06 bits per heavy atom. The van der Waals surface area contributed by atoms with Crippen molar-refractivity contribution >= 4 is 16.9 Å². The third-order valence-corrected chi connectivity index (χ3v) is 5.97. The lowest BCUT2D eigenvalue weighted by molar-refractivity contribution is -0.144. The summed E-state index contributed by atoms with van der Waals surface area (Å²) in [6.07, 6.45) is 2.27. The number of nitrogens with one attached hydrogen (secondary N) is 1. The lowest BCUT2D eigenvalue weighted by Crippen LogP contribution is -2.33. The van der Waals surface area contributed by atoms with Crippen molar-refractivity contribution in [1.82, 2.24) is 30.1 Å². The first kappa shape index (κ1) is 24.3. The third kappa shape index (κ3) is 5.48. The first-order chi connectivity index (χ1) is 16.9. The Kier molecular flexibility index (Phi) is 7.40. The van der Waals surface area contributed by atoms with Crippen LogP contribution in [0.25, 0.3) is 10.9 Å². The normalized spacial score (nSPS) is 12.4. The molecule has 10 nitrogen and oxygen atoms in total. The number of furan rings is 1. The van der Waals surface area contributed by atoms with E-state index in [2.05, 4.69) is 31.5 Å². The molecule has 184 valence electrons. The summed E-state index contributed by atoms with van der Waals surface area (Å²) in [6.45, 7) is 8.78. The van der Waals surface area contributed by atoms with E-state index in [1.165, 1.54) is 4.68 Å². The minimum absolute atomic E-state index is 0.0869. The molecule has 0 aliphatic heterocycles. The fourth-order valence-corrected chi connectivity index (χ4v) is 4.43. The van der Waals surface area contributed by atoms with Crippen LogP contribution in [0.15, 0.2) is 45.8 Å². The van der Waals surface area contributed by atoms with Gasteiger partial charge in [-0.25, -0.2) is 4.68 Å². The van der Waals surface area contributed by atoms with Gasteiger partial charge in [-0.3, -0.25) is 14.5 Å². The Morgan fingerprint density at radius 1 is 1.23 bits per heavy atom. The van der Waals surface area contributed by atoms with Crippen LogP contribution in [0.1, 0.15) is 54.6 Å². The molecule has 0 unspecified atom stereocenters. The van der Waals surface area contributed by atoms with Gasteiger partial charge in [-0.05, 0) is 73.0 Å². The van der Waals surface area contributed by atoms with Crippen LogP contribution in [0.3, 0.4) is 0 Å². The molecule has 0 aliphatic carbocycles. The van der Waals surface area contributed by atoms with Gasteiger partial charge in [0.15, 0.2) is 5.82 Å². The SMILES string of the molecule is CCOC(=O)Cn1nnnc1[C@@H](CC)N(Cc1ccco1)Cc1cc2c(C)cc(C)cc2[nH]c1=O. The lowest BCUT2D eigenvalue weighted by atomic mass is 10.0. The zero-order chi connectivity index (χ0) is 24.9. The number of pyridine rings is 1. The molecule has 10 heteroatoms. The highest BCUT2D eigenvalue weighted by atomic mass is 16.5. The first-order valence-electron chi connectivity index (χ1n) is 11.7. The van der Waals surface area contributed by atoms with Crippen molar-refractivity contribution < 1.29 is 13.9 Å². The minimum Gasteiger partial charge on any atom is -0.468 e. The number of aromatic amines is 1. The third-order valence-electron chi connectivity index (χ3n) is 5.97. The van der Waals surface area contributed by atoms with Crippen molar-refractivity contribution in [3.8, 4) is 0 Å². The molecule has 1 atom stereocenters. The number of aryl methyl sites for hydroxylation is 2. The zero-order valence-corrected chi connectivity index (χ0v) is 20.4. The average molecular weight is 479 g/mol. The number of fused-ring (bicyclic) bond motifs is 1. The van der Waals surface area contributed by atoms with E-state index in [1.54, 1.807) is 13.2 Å². The van der Waals surface area contributed by atoms with Gasteiger partial charge in [0.1, 0.15) is 12.3 Å². The maximum absolute atomic E-state index is 13.1. The van der Waals surface area contributed by atoms with Gasteiger partial charge in [0.2, 0.25) is 0 Å². The van der Waals surface area contributed by atoms with Gasteiger partial charge in [0.05, 0.1) is 25.5 Å². The maximum Gasteiger partial charge on any atom is 0.327 e. The molecule has 0 bridgehead atoms. The Morgan fingerprint density at radius 3 is 2.77 bits per heavy atom. The predicted octanol–water partition coefficient (Wildman–Crippen LogP) is 3.44. The van der Waals surface area contributed by atoms with Crippen LogP contribution < -0.4 is 5.56 Å². The second kappa shape index (κ2) is 10.6. The Hall–Kier alpha value is -3.79. The molecule has 0 saturated carbocycles. The molecule has 0 fully saturated rings. The molecule has 3 heterocycles. The van der Waals surface area contributed by atoms with Crippen molar-refractivity contribution in [2.24, 2.45) is 0 Å². The quantitative estimate of drug-likeness (QED) is 0.344. The molecule has 3 aromatic heterocycles. The zero-order valence-electron chi connectivity index (χ0n) is 20.4. The van der Waals surface area contributed by atoms with E-state index < -0.39 is 5.97 Å². The molecule has 0 amide bonds. The molecular weight excluding hydrogens is 448 g/mol. The van der Waals surface area contributed by atoms with Crippen molar-refractivity contribution in [2.45, 2.75) is 59.8 Å². The molecule has 35 heavy (non-hydrogen) atoms. The van der Waals surface area contributed by atoms with Crippen LogP contribution in [0.5, 0.6) is 0 Å². The average Bonchev–Trinajstić information content (AvgIpc) is 3.48. The number of carbonyl (C=O) groups is 1. The van der Waals surface area contributed by atoms with Gasteiger partial charge in [-0.1, -0.05) is 13.0 Å². The molecule has 4 rings (SSSR count). The van der Waals surface area contributed by atoms with E-state index in [1.807, 2.05) is 45.0 Å². The van der Waals surface area contributed by atoms with Gasteiger partial charge >= 0.3 is 5.97 Å². The van der Waals surface area contributed by atoms with Crippen LogP contribution in [-0.4, -0.2) is 42.7 Å². The van der Waals surface area contributed by atoms with Crippen LogP contribution in [-0.2, 0) is 29.2 Å². The monoisotopic (exact) mass is 478 g/mol. The highest BCUT2D eigenvalue weighted by Gasteiger charge is 2.27. The molecule has 0 saturated heterocycles. The van der Waals surface area contributed by atoms with E-state index in [9.17, 15) is 9.59 Å². The summed E-state index contributed by atoms with van der Waals surface area (Å²) < 4.78 is 12.1. The number of aromatic nitrogens is 5. The van der Waals surface area contributed by atoms with Crippen LogP contribution in [0.4, 0.5) is 0 Å². The summed E-state index contributed by atoms with van der Waals surface area (Å²) in [5.74, 6) is 0.859. The Balaban J connectivity index is 1.71. The molecule has 1 N–H and O–H groups in total. The van der Waals surface area contributed by atoms with Crippen molar-refractivity contribution in [3.05, 3.63) is 75.2 Å². The number of benzene rings is 1. The summed E-state index contributed by atoms with van der Waals surface area (Å²) >= 11 is 0. The van der Waals surface area contributed by atoms with Crippen LogP contribution in [0, 0.1) is 13.8 Å². The fourth-order valence-electron chi connectivity index (χ4n) is 4.43. The van der Waals surface area contributed by atoms with Gasteiger partial charge in [0, 0.05) is 23.0 Å². The standard InChI is InChI=1S/C25H30N6O4/c1-5-22(24-27-28-29-31(24)15-23(32)34-6-2)30(14-19-8-7-9-35-19)13-18-12-20-17(4)10-16(3)11-21(20)26-25(18)33/h7-12,22H,5-6,13-15H2,1-4H3,(H,26,33)/t22-/m1/s1. The van der Waals surface area contributed by atoms with Gasteiger partial charge in [-0.2, -0.15) is 0 Å². The largest absolute Gasteiger partial charge is 0.468 e. The number of rotatable bonds is 10. The smallest absolute Gasteiger partial charge is 0.327 e. The number of carbonyl (C=O) groups excluding carboxylic acids is 1. The summed E-state index contributed by atoms with van der Waals surface area (Å²) in [5, 5.41) is 13.0. The predicted molar refractivity (Wildman–Crippen MR) is 129 cm³/mol. The number of ether oxygens (including phenoxy) is 1. The van der Waals surface area contributed by atoms with Crippen molar-refractivity contribution in [2.75, 3.05) is 6.61 Å². The minimum atomic E-state index is -0.412. The lowest BCUT2D eigenvalue weighted by Gasteiger charge is -2.29. The summed E-state index contributed by atoms with van der Waals surface area (Å²) in [6, 6.07) is 9.47. The van der Waals surface area contributed by atoms with E-state index in [0.717, 1.165) is 27.8 Å². The summed E-state index contributed by atoms with van der Waals surface area (Å²) in [7, 11) is 0. The van der Waals surface area contributed by atoms with E-state index in [-0.39, 0.29) is 24.8 Å². The number of tetrazole rings is 1. The molecule has 0 spiro atoms. The first-order valence-corrected chi connectivity index (χ1v) is 11.7. The fraction of sp³-hybridized carbons (Fsp3) is 0.400. The van der Waals surface area contributed by atoms with Crippen LogP contribution >= 0.6 is 0 Å². The second-order valence-corrected chi connectivity index (χ2v) is 8.57. The Bertz CT molecular complexity index is 1360. The van der Waals surface area contributed by atoms with Crippen LogP contribution in [0.2, 0.25) is 0 Å². The highest BCUT2D eigenvalue weighted by molar-refractivity contribution is 5.83. The van der Waals surface area contributed by atoms with Gasteiger partial charge in [-0.15, -0.1) is 5.10 Å². The summed E-state index contributed by atoms with van der Waals surface area (Å²) in [4.78, 5) is 30.3. The topological polar surface area (TPSA) is 119 Å². The second-order valence-electron chi connectivity index (χ2n) is 8.57. The van der Waals surface area contributed by atoms with E-state index in [4.69, 9.17) is 9.15 Å². The van der Waals surface area contributed by atoms with Crippen molar-refractivity contribution in [3.63, 3.8) is 0 Å². The molecular formula is C25H30N6O4. The number of esters is 1. The molecule has 1 aromatic carbocycles. The number of nitrogens with zero attached hydrogens (tertiary/aromatic N) is 5. The highest BCUT2D eigenvalue weighted by Crippen LogP contribution is 2.27. The number of hydrogen-bond acceptors (Lipinski definition) is 8. The maximum atomic E-state index is 13.1. The number of H-pyrrole nitrogens is 1. The molecule has 4 aromatic rings. The molecule has 0 aliphatic rings. The van der Waals surface area contributed by atoms with E-state index in [0.29, 0.717) is 30.9 Å². The summed E-state index contributed by atoms with van der Waals surface area (Å²) in [5.41, 5.74) is 3.49.